The van der Waals surface area contributed by atoms with E-state index in [4.69, 9.17) is 0 Å². The van der Waals surface area contributed by atoms with Gasteiger partial charge in [-0.25, -0.2) is 0 Å². The van der Waals surface area contributed by atoms with Gasteiger partial charge in [0.1, 0.15) is 0 Å². The summed E-state index contributed by atoms with van der Waals surface area (Å²) in [5.74, 6) is 0.375. The maximum Gasteiger partial charge on any atom is 0.277 e. The normalized spacial score (nSPS) is 30.6. The van der Waals surface area contributed by atoms with E-state index in [1.54, 1.807) is 0 Å². The van der Waals surface area contributed by atoms with Crippen LogP contribution in [0.15, 0.2) is 30.3 Å². The van der Waals surface area contributed by atoms with Crippen molar-refractivity contribution in [2.75, 3.05) is 19.6 Å². The van der Waals surface area contributed by atoms with E-state index < -0.39 is 0 Å². The summed E-state index contributed by atoms with van der Waals surface area (Å²) in [6, 6.07) is 10.7. The number of nitrogens with one attached hydrogen (secondary N) is 2. The monoisotopic (exact) mass is 370 g/mol. The highest BCUT2D eigenvalue weighted by atomic mass is 16.2. The Balaban J connectivity index is 1.36. The van der Waals surface area contributed by atoms with Crippen molar-refractivity contribution in [3.05, 3.63) is 35.9 Å². The number of quaternary nitrogens is 1. The highest BCUT2D eigenvalue weighted by Crippen LogP contribution is 2.22. The van der Waals surface area contributed by atoms with Gasteiger partial charge in [0.05, 0.1) is 12.1 Å². The zero-order chi connectivity index (χ0) is 18.6. The lowest BCUT2D eigenvalue weighted by Crippen LogP contribution is -3.22. The van der Waals surface area contributed by atoms with Crippen molar-refractivity contribution in [3.8, 4) is 0 Å². The molecule has 2 unspecified atom stereocenters. The molecule has 3 saturated heterocycles. The largest absolute Gasteiger partial charge is 0.349 e. The average molecular weight is 371 g/mol. The van der Waals surface area contributed by atoms with E-state index in [1.165, 1.54) is 30.6 Å². The maximum absolute atomic E-state index is 12.8. The number of amides is 2. The van der Waals surface area contributed by atoms with Crippen LogP contribution in [0.2, 0.25) is 0 Å². The Morgan fingerprint density at radius 3 is 2.30 bits per heavy atom. The lowest BCUT2D eigenvalue weighted by Gasteiger charge is -2.46. The number of hydrogen-bond acceptors (Lipinski definition) is 2. The summed E-state index contributed by atoms with van der Waals surface area (Å²) in [6.07, 6.45) is 9.18. The number of carbonyl (C=O) groups is 2. The fraction of sp³-hybridized carbons (Fsp3) is 0.636. The second-order valence-electron chi connectivity index (χ2n) is 8.53. The molecule has 4 rings (SSSR count). The van der Waals surface area contributed by atoms with Gasteiger partial charge in [-0.1, -0.05) is 18.2 Å². The summed E-state index contributed by atoms with van der Waals surface area (Å²) >= 11 is 0. The second kappa shape index (κ2) is 8.42. The minimum atomic E-state index is 0.0338. The van der Waals surface area contributed by atoms with Crippen LogP contribution in [0.5, 0.6) is 0 Å². The van der Waals surface area contributed by atoms with Crippen molar-refractivity contribution in [2.24, 2.45) is 0 Å². The molecule has 2 amide bonds. The first-order valence-electron chi connectivity index (χ1n) is 10.7. The van der Waals surface area contributed by atoms with Gasteiger partial charge >= 0.3 is 0 Å². The van der Waals surface area contributed by atoms with Crippen LogP contribution in [0.3, 0.4) is 0 Å². The molecule has 3 aliphatic rings. The average Bonchev–Trinajstić information content (AvgIpc) is 2.70. The Bertz CT molecular complexity index is 643. The lowest BCUT2D eigenvalue weighted by molar-refractivity contribution is -0.954. The predicted octanol–water partition coefficient (Wildman–Crippen LogP) is 1.40. The van der Waals surface area contributed by atoms with Crippen molar-refractivity contribution >= 4 is 11.8 Å². The molecule has 146 valence electrons. The molecule has 3 fully saturated rings. The van der Waals surface area contributed by atoms with Crippen molar-refractivity contribution in [1.29, 1.82) is 0 Å². The Labute approximate surface area is 162 Å². The van der Waals surface area contributed by atoms with Gasteiger partial charge in [-0.15, -0.1) is 0 Å². The molecule has 0 saturated carbocycles. The fourth-order valence-electron chi connectivity index (χ4n) is 5.33. The van der Waals surface area contributed by atoms with Crippen LogP contribution in [0.25, 0.3) is 0 Å². The Morgan fingerprint density at radius 2 is 1.63 bits per heavy atom. The predicted molar refractivity (Wildman–Crippen MR) is 105 cm³/mol. The first-order chi connectivity index (χ1) is 13.2. The van der Waals surface area contributed by atoms with Gasteiger partial charge < -0.3 is 15.1 Å². The third-order valence-corrected chi connectivity index (χ3v) is 6.73. The minimum absolute atomic E-state index is 0.0338. The summed E-state index contributed by atoms with van der Waals surface area (Å²) in [4.78, 5) is 28.9. The summed E-state index contributed by atoms with van der Waals surface area (Å²) in [5.41, 5.74) is 0.734. The Morgan fingerprint density at radius 1 is 0.963 bits per heavy atom. The topological polar surface area (TPSA) is 53.9 Å². The van der Waals surface area contributed by atoms with Crippen LogP contribution in [0.4, 0.5) is 0 Å². The smallest absolute Gasteiger partial charge is 0.277 e. The third kappa shape index (κ3) is 4.34. The number of nitrogens with zero attached hydrogens (tertiary/aromatic N) is 1. The third-order valence-electron chi connectivity index (χ3n) is 6.73. The molecule has 27 heavy (non-hydrogen) atoms. The SMILES string of the molecule is O=C(NC1C[C@H]2CCC[C@@H](C1)[NH+]2CC(=O)N1CCCCC1)c1ccccc1. The van der Waals surface area contributed by atoms with Crippen molar-refractivity contribution < 1.29 is 14.5 Å². The Kier molecular flexibility index (Phi) is 5.77. The summed E-state index contributed by atoms with van der Waals surface area (Å²) < 4.78 is 0. The van der Waals surface area contributed by atoms with Gasteiger partial charge in [-0.05, 0) is 50.7 Å². The summed E-state index contributed by atoms with van der Waals surface area (Å²) in [5, 5.41) is 3.25. The molecule has 0 spiro atoms. The molecule has 4 atom stereocenters. The highest BCUT2D eigenvalue weighted by Gasteiger charge is 2.43. The number of benzene rings is 1. The number of carbonyl (C=O) groups excluding carboxylic acids is 2. The zero-order valence-corrected chi connectivity index (χ0v) is 16.2. The van der Waals surface area contributed by atoms with Gasteiger partial charge in [-0.3, -0.25) is 9.59 Å². The summed E-state index contributed by atoms with van der Waals surface area (Å²) in [7, 11) is 0. The molecule has 0 radical (unpaired) electrons. The molecule has 5 nitrogen and oxygen atoms in total. The van der Waals surface area contributed by atoms with Gasteiger partial charge in [-0.2, -0.15) is 0 Å². The van der Waals surface area contributed by atoms with E-state index in [0.717, 1.165) is 44.3 Å². The number of hydrogen-bond donors (Lipinski definition) is 2. The number of fused-ring (bicyclic) bond motifs is 2. The van der Waals surface area contributed by atoms with E-state index in [-0.39, 0.29) is 11.9 Å². The van der Waals surface area contributed by atoms with E-state index >= 15 is 0 Å². The fourth-order valence-corrected chi connectivity index (χ4v) is 5.33. The first-order valence-corrected chi connectivity index (χ1v) is 10.7. The van der Waals surface area contributed by atoms with E-state index in [9.17, 15) is 9.59 Å². The van der Waals surface area contributed by atoms with Crippen LogP contribution in [-0.4, -0.2) is 54.5 Å². The standard InChI is InChI=1S/C22H31N3O2/c26-21(24-12-5-2-6-13-24)16-25-19-10-7-11-20(25)15-18(14-19)23-22(27)17-8-3-1-4-9-17/h1,3-4,8-9,18-20H,2,5-7,10-16H2,(H,23,27)/p+1/t18?,19-,20+. The van der Waals surface area contributed by atoms with Crippen LogP contribution in [-0.2, 0) is 4.79 Å². The molecule has 2 bridgehead atoms. The minimum Gasteiger partial charge on any atom is -0.349 e. The van der Waals surface area contributed by atoms with Crippen molar-refractivity contribution in [2.45, 2.75) is 69.5 Å². The first kappa shape index (κ1) is 18.5. The number of rotatable bonds is 4. The van der Waals surface area contributed by atoms with Crippen LogP contribution < -0.4 is 10.2 Å². The van der Waals surface area contributed by atoms with Gasteiger partial charge in [0.2, 0.25) is 0 Å². The number of piperidine rings is 3. The Hall–Kier alpha value is -1.88. The molecule has 0 aromatic heterocycles. The molecular formula is C22H32N3O2+. The van der Waals surface area contributed by atoms with E-state index in [2.05, 4.69) is 10.2 Å². The van der Waals surface area contributed by atoms with Gasteiger partial charge in [0, 0.05) is 37.5 Å². The zero-order valence-electron chi connectivity index (χ0n) is 16.2. The molecular weight excluding hydrogens is 338 g/mol. The second-order valence-corrected chi connectivity index (χ2v) is 8.53. The molecule has 3 heterocycles. The van der Waals surface area contributed by atoms with Crippen molar-refractivity contribution in [3.63, 3.8) is 0 Å². The quantitative estimate of drug-likeness (QED) is 0.842. The summed E-state index contributed by atoms with van der Waals surface area (Å²) in [6.45, 7) is 2.53. The molecule has 3 aliphatic heterocycles. The molecule has 2 N–H and O–H groups in total. The lowest BCUT2D eigenvalue weighted by atomic mass is 9.81. The van der Waals surface area contributed by atoms with Crippen LogP contribution in [0, 0.1) is 0 Å². The maximum atomic E-state index is 12.8. The molecule has 0 aliphatic carbocycles. The van der Waals surface area contributed by atoms with Gasteiger partial charge in [0.15, 0.2) is 6.54 Å². The number of likely N-dealkylation sites (tertiary alicyclic amines) is 1. The van der Waals surface area contributed by atoms with Gasteiger partial charge in [0.25, 0.3) is 11.8 Å². The molecule has 1 aromatic carbocycles. The van der Waals surface area contributed by atoms with Crippen LogP contribution >= 0.6 is 0 Å². The van der Waals surface area contributed by atoms with E-state index in [0.29, 0.717) is 24.5 Å². The molecule has 5 heteroatoms. The van der Waals surface area contributed by atoms with E-state index in [1.807, 2.05) is 30.3 Å². The van der Waals surface area contributed by atoms with Crippen LogP contribution in [0.1, 0.15) is 61.7 Å². The highest BCUT2D eigenvalue weighted by molar-refractivity contribution is 5.94. The molecule has 1 aromatic rings. The van der Waals surface area contributed by atoms with Crippen molar-refractivity contribution in [1.82, 2.24) is 10.2 Å².